The van der Waals surface area contributed by atoms with Gasteiger partial charge in [-0.15, -0.1) is 0 Å². The van der Waals surface area contributed by atoms with Gasteiger partial charge in [0.1, 0.15) is 0 Å². The molecule has 0 saturated heterocycles. The molecule has 2 N–H and O–H groups in total. The third-order valence-corrected chi connectivity index (χ3v) is 6.38. The molecule has 6 rings (SSSR count). The van der Waals surface area contributed by atoms with E-state index < -0.39 is 0 Å². The van der Waals surface area contributed by atoms with Crippen LogP contribution in [-0.4, -0.2) is 10.2 Å². The standard InChI is InChI=1S/C26H15BrO2/c27-24-13-22-11-20-9-18-7-16-5-14-3-1-2-4-15(14)6-17(16)8-19(18)10-21(20)12-23(22)25(28)26(24)29/h1-13,28-29H. The van der Waals surface area contributed by atoms with Gasteiger partial charge in [0, 0.05) is 5.39 Å². The molecule has 0 aromatic heterocycles. The van der Waals surface area contributed by atoms with Gasteiger partial charge in [-0.3, -0.25) is 0 Å². The van der Waals surface area contributed by atoms with E-state index in [1.807, 2.05) is 12.1 Å². The van der Waals surface area contributed by atoms with Crippen molar-refractivity contribution in [3.05, 3.63) is 83.3 Å². The smallest absolute Gasteiger partial charge is 0.172 e. The van der Waals surface area contributed by atoms with E-state index in [1.165, 1.54) is 26.9 Å². The molecule has 0 unspecified atom stereocenters. The van der Waals surface area contributed by atoms with Crippen LogP contribution in [-0.2, 0) is 0 Å². The number of rotatable bonds is 0. The molecule has 0 bridgehead atoms. The third-order valence-electron chi connectivity index (χ3n) is 5.77. The van der Waals surface area contributed by atoms with Crippen LogP contribution in [0.15, 0.2) is 83.3 Å². The summed E-state index contributed by atoms with van der Waals surface area (Å²) in [5.41, 5.74) is 0. The Hall–Kier alpha value is -3.30. The molecular formula is C26H15BrO2. The molecule has 0 atom stereocenters. The molecule has 2 nitrogen and oxygen atoms in total. The average Bonchev–Trinajstić information content (AvgIpc) is 2.72. The van der Waals surface area contributed by atoms with Gasteiger partial charge in [0.2, 0.25) is 0 Å². The lowest BCUT2D eigenvalue weighted by Crippen LogP contribution is -1.83. The van der Waals surface area contributed by atoms with Crippen LogP contribution in [0.4, 0.5) is 0 Å². The lowest BCUT2D eigenvalue weighted by molar-refractivity contribution is 0.406. The number of hydrogen-bond acceptors (Lipinski definition) is 2. The number of halogens is 1. The van der Waals surface area contributed by atoms with E-state index >= 15 is 0 Å². The maximum atomic E-state index is 10.4. The third kappa shape index (κ3) is 2.48. The van der Waals surface area contributed by atoms with Gasteiger partial charge in [-0.25, -0.2) is 0 Å². The van der Waals surface area contributed by atoms with Crippen LogP contribution in [0.1, 0.15) is 0 Å². The molecule has 0 amide bonds. The number of aromatic hydroxyl groups is 2. The van der Waals surface area contributed by atoms with Crippen LogP contribution >= 0.6 is 15.9 Å². The summed E-state index contributed by atoms with van der Waals surface area (Å²) in [5, 5.41) is 31.3. The quantitative estimate of drug-likeness (QED) is 0.189. The van der Waals surface area contributed by atoms with Crippen LogP contribution in [0.5, 0.6) is 11.5 Å². The number of fused-ring (bicyclic) bond motifs is 5. The molecule has 3 heteroatoms. The molecule has 6 aromatic rings. The fourth-order valence-electron chi connectivity index (χ4n) is 4.28. The van der Waals surface area contributed by atoms with Crippen LogP contribution in [0.3, 0.4) is 0 Å². The van der Waals surface area contributed by atoms with E-state index in [1.54, 1.807) is 0 Å². The molecule has 0 aliphatic carbocycles. The normalized spacial score (nSPS) is 11.9. The molecule has 6 aromatic carbocycles. The number of phenols is 2. The fourth-order valence-corrected chi connectivity index (χ4v) is 4.72. The van der Waals surface area contributed by atoms with Gasteiger partial charge in [0.25, 0.3) is 0 Å². The van der Waals surface area contributed by atoms with E-state index in [0.29, 0.717) is 9.86 Å². The van der Waals surface area contributed by atoms with Crippen molar-refractivity contribution < 1.29 is 10.2 Å². The first-order valence-corrected chi connectivity index (χ1v) is 10.2. The first-order valence-electron chi connectivity index (χ1n) is 9.41. The van der Waals surface area contributed by atoms with Crippen molar-refractivity contribution >= 4 is 69.8 Å². The minimum absolute atomic E-state index is 0.0960. The zero-order valence-electron chi connectivity index (χ0n) is 15.3. The summed E-state index contributed by atoms with van der Waals surface area (Å²) in [6.45, 7) is 0. The van der Waals surface area contributed by atoms with E-state index in [-0.39, 0.29) is 11.5 Å². The summed E-state index contributed by atoms with van der Waals surface area (Å²) in [5.74, 6) is -0.225. The van der Waals surface area contributed by atoms with Gasteiger partial charge >= 0.3 is 0 Å². The van der Waals surface area contributed by atoms with Gasteiger partial charge in [0.05, 0.1) is 4.47 Å². The Labute approximate surface area is 174 Å². The minimum atomic E-state index is -0.129. The molecule has 0 heterocycles. The monoisotopic (exact) mass is 438 g/mol. The summed E-state index contributed by atoms with van der Waals surface area (Å²) in [4.78, 5) is 0. The lowest BCUT2D eigenvalue weighted by atomic mass is 9.96. The maximum Gasteiger partial charge on any atom is 0.172 e. The number of benzene rings is 6. The Kier molecular flexibility index (Phi) is 3.36. The number of phenolic OH excluding ortho intramolecular Hbond substituents is 2. The zero-order valence-corrected chi connectivity index (χ0v) is 16.9. The van der Waals surface area contributed by atoms with Crippen molar-refractivity contribution in [2.75, 3.05) is 0 Å². The second-order valence-electron chi connectivity index (χ2n) is 7.57. The van der Waals surface area contributed by atoms with Crippen LogP contribution in [0.2, 0.25) is 0 Å². The van der Waals surface area contributed by atoms with Crippen molar-refractivity contribution in [2.45, 2.75) is 0 Å². The molecule has 0 aliphatic rings. The van der Waals surface area contributed by atoms with Gasteiger partial charge in [-0.2, -0.15) is 0 Å². The number of hydrogen-bond donors (Lipinski definition) is 2. The summed E-state index contributed by atoms with van der Waals surface area (Å²) >= 11 is 3.31. The Morgan fingerprint density at radius 2 is 0.862 bits per heavy atom. The molecule has 0 aliphatic heterocycles. The van der Waals surface area contributed by atoms with Crippen LogP contribution in [0, 0.1) is 0 Å². The Bertz CT molecular complexity index is 1630. The molecule has 138 valence electrons. The van der Waals surface area contributed by atoms with Gasteiger partial charge in [0.15, 0.2) is 11.5 Å². The molecule has 29 heavy (non-hydrogen) atoms. The average molecular weight is 439 g/mol. The van der Waals surface area contributed by atoms with Gasteiger partial charge in [-0.1, -0.05) is 24.3 Å². The highest BCUT2D eigenvalue weighted by molar-refractivity contribution is 9.10. The molecule has 0 fully saturated rings. The van der Waals surface area contributed by atoms with Gasteiger partial charge in [-0.05, 0) is 119 Å². The Morgan fingerprint density at radius 1 is 0.448 bits per heavy atom. The van der Waals surface area contributed by atoms with Crippen molar-refractivity contribution in [2.24, 2.45) is 0 Å². The van der Waals surface area contributed by atoms with Crippen molar-refractivity contribution in [3.63, 3.8) is 0 Å². The van der Waals surface area contributed by atoms with Crippen molar-refractivity contribution in [1.29, 1.82) is 0 Å². The molecule has 0 saturated carbocycles. The molecule has 0 spiro atoms. The highest BCUT2D eigenvalue weighted by atomic mass is 79.9. The second-order valence-corrected chi connectivity index (χ2v) is 8.43. The second kappa shape index (κ2) is 5.85. The molecular weight excluding hydrogens is 424 g/mol. The van der Waals surface area contributed by atoms with E-state index in [0.717, 1.165) is 21.5 Å². The van der Waals surface area contributed by atoms with Crippen molar-refractivity contribution in [3.8, 4) is 11.5 Å². The van der Waals surface area contributed by atoms with Crippen LogP contribution in [0.25, 0.3) is 53.9 Å². The predicted molar refractivity (Wildman–Crippen MR) is 125 cm³/mol. The predicted octanol–water partition coefficient (Wildman–Crippen LogP) is 7.63. The van der Waals surface area contributed by atoms with E-state index in [4.69, 9.17) is 0 Å². The summed E-state index contributed by atoms with van der Waals surface area (Å²) < 4.78 is 0.487. The van der Waals surface area contributed by atoms with Crippen molar-refractivity contribution in [1.82, 2.24) is 0 Å². The first kappa shape index (κ1) is 16.6. The highest BCUT2D eigenvalue weighted by Crippen LogP contribution is 2.42. The lowest BCUT2D eigenvalue weighted by Gasteiger charge is -2.10. The van der Waals surface area contributed by atoms with Gasteiger partial charge < -0.3 is 10.2 Å². The summed E-state index contributed by atoms with van der Waals surface area (Å²) in [7, 11) is 0. The van der Waals surface area contributed by atoms with Crippen LogP contribution < -0.4 is 0 Å². The SMILES string of the molecule is Oc1c(Br)cc2cc3cc4cc5cc6ccccc6cc5cc4cc3cc2c1O. The molecule has 0 radical (unpaired) electrons. The van der Waals surface area contributed by atoms with E-state index in [2.05, 4.69) is 82.7 Å². The maximum absolute atomic E-state index is 10.4. The largest absolute Gasteiger partial charge is 0.504 e. The zero-order chi connectivity index (χ0) is 19.7. The summed E-state index contributed by atoms with van der Waals surface area (Å²) in [6.07, 6.45) is 0. The van der Waals surface area contributed by atoms with E-state index in [9.17, 15) is 10.2 Å². The minimum Gasteiger partial charge on any atom is -0.504 e. The topological polar surface area (TPSA) is 40.5 Å². The Balaban J connectivity index is 1.70. The highest BCUT2D eigenvalue weighted by Gasteiger charge is 2.12. The fraction of sp³-hybridized carbons (Fsp3) is 0. The first-order chi connectivity index (χ1) is 14.1. The Morgan fingerprint density at radius 3 is 1.38 bits per heavy atom. The summed E-state index contributed by atoms with van der Waals surface area (Å²) in [6, 6.07) is 27.5.